The number of H-pyrrole nitrogens is 1. The van der Waals surface area contributed by atoms with E-state index in [-0.39, 0.29) is 110 Å². The fourth-order valence-electron chi connectivity index (χ4n) is 8.27. The van der Waals surface area contributed by atoms with Crippen molar-refractivity contribution in [1.29, 1.82) is 0 Å². The molecule has 2 fully saturated rings. The summed E-state index contributed by atoms with van der Waals surface area (Å²) in [6, 6.07) is 10.2. The number of carbonyl (C=O) groups excluding carboxylic acids is 2. The molecule has 7 rings (SSSR count). The number of aromatic amines is 1. The smallest absolute Gasteiger partial charge is 0.850 e. The first-order valence-electron chi connectivity index (χ1n) is 23.2. The molecule has 2 aliphatic carbocycles. The van der Waals surface area contributed by atoms with Gasteiger partial charge in [0.1, 0.15) is 16.8 Å². The van der Waals surface area contributed by atoms with Crippen molar-refractivity contribution in [3.05, 3.63) is 77.9 Å². The van der Waals surface area contributed by atoms with Crippen LogP contribution in [0.1, 0.15) is 112 Å². The summed E-state index contributed by atoms with van der Waals surface area (Å²) in [4.78, 5) is 36.9. The van der Waals surface area contributed by atoms with E-state index in [1.165, 1.54) is 32.7 Å². The first kappa shape index (κ1) is 59.1. The van der Waals surface area contributed by atoms with Crippen LogP contribution in [-0.2, 0) is 39.5 Å². The quantitative estimate of drug-likeness (QED) is 0.0702. The summed E-state index contributed by atoms with van der Waals surface area (Å²) in [5.74, 6) is -0.481. The van der Waals surface area contributed by atoms with Crippen LogP contribution >= 0.6 is 0 Å². The van der Waals surface area contributed by atoms with Crippen molar-refractivity contribution in [2.75, 3.05) is 49.4 Å². The van der Waals surface area contributed by atoms with Crippen molar-refractivity contribution in [3.8, 4) is 0 Å². The van der Waals surface area contributed by atoms with Crippen molar-refractivity contribution < 1.29 is 101 Å². The van der Waals surface area contributed by atoms with Crippen LogP contribution in [0.15, 0.2) is 66.1 Å². The van der Waals surface area contributed by atoms with Gasteiger partial charge in [0.15, 0.2) is 5.65 Å². The van der Waals surface area contributed by atoms with Crippen molar-refractivity contribution in [2.45, 2.75) is 115 Å². The fourth-order valence-corrected chi connectivity index (χ4v) is 11.8. The maximum atomic E-state index is 13.4. The van der Waals surface area contributed by atoms with E-state index >= 15 is 0 Å². The van der Waals surface area contributed by atoms with Crippen molar-refractivity contribution in [1.82, 2.24) is 28.4 Å². The number of ether oxygens (including phenoxy) is 2. The molecule has 0 spiro atoms. The van der Waals surface area contributed by atoms with E-state index in [1.807, 2.05) is 13.0 Å². The number of hydrogen-bond acceptors (Lipinski definition) is 15. The molecule has 0 bridgehead atoms. The Kier molecular flexibility index (Phi) is 21.9. The van der Waals surface area contributed by atoms with E-state index in [4.69, 9.17) is 9.47 Å². The number of pyridine rings is 2. The largest absolute Gasteiger partial charge is 1.00 e. The number of hydrogen-bond donors (Lipinski definition) is 5. The average molecular weight is 1060 g/mol. The van der Waals surface area contributed by atoms with Crippen LogP contribution in [0.4, 0.5) is 11.4 Å². The Morgan fingerprint density at radius 2 is 1.16 bits per heavy atom. The molecule has 4 heterocycles. The third-order valence-electron chi connectivity index (χ3n) is 11.8. The van der Waals surface area contributed by atoms with Gasteiger partial charge in [-0.2, -0.15) is 0 Å². The van der Waals surface area contributed by atoms with Gasteiger partial charge in [-0.05, 0) is 122 Å². The van der Waals surface area contributed by atoms with E-state index in [0.29, 0.717) is 54.6 Å². The first-order chi connectivity index (χ1) is 32.5. The summed E-state index contributed by atoms with van der Waals surface area (Å²) in [7, 11) is -7.52. The number of rotatable bonds is 16. The zero-order chi connectivity index (χ0) is 50.7. The molecule has 2 aliphatic rings. The minimum Gasteiger partial charge on any atom is -0.850 e. The van der Waals surface area contributed by atoms with E-state index < -0.39 is 47.6 Å². The minimum atomic E-state index is -3.91. The van der Waals surface area contributed by atoms with Crippen molar-refractivity contribution >= 4 is 75.5 Å². The van der Waals surface area contributed by atoms with Gasteiger partial charge in [-0.1, -0.05) is 38.5 Å². The number of benzene rings is 1. The summed E-state index contributed by atoms with van der Waals surface area (Å²) >= 11 is 0. The summed E-state index contributed by atoms with van der Waals surface area (Å²) < 4.78 is 90.4. The second-order valence-corrected chi connectivity index (χ2v) is 24.0. The summed E-state index contributed by atoms with van der Waals surface area (Å²) in [6.45, 7) is 10.7. The molecular formula is C47H67KN8O11S3. The summed E-state index contributed by atoms with van der Waals surface area (Å²) in [6.07, 6.45) is 12.3. The second-order valence-electron chi connectivity index (χ2n) is 18.2. The molecule has 4 aromatic heterocycles. The number of fused-ring (bicyclic) bond motifs is 2. The number of sulfonamides is 2. The molecule has 5 N–H and O–H groups in total. The van der Waals surface area contributed by atoms with Crippen molar-refractivity contribution in [2.24, 2.45) is 11.8 Å². The van der Waals surface area contributed by atoms with Crippen LogP contribution in [-0.4, -0.2) is 113 Å². The zero-order valence-electron chi connectivity index (χ0n) is 41.6. The number of nitrogens with zero attached hydrogens (tertiary/aromatic N) is 3. The van der Waals surface area contributed by atoms with Gasteiger partial charge >= 0.3 is 63.3 Å². The molecular weight excluding hydrogens is 988 g/mol. The number of anilines is 2. The Hall–Kier alpha value is -3.49. The van der Waals surface area contributed by atoms with Crippen LogP contribution < -0.4 is 76.6 Å². The molecule has 5 aromatic rings. The van der Waals surface area contributed by atoms with Crippen LogP contribution in [0.5, 0.6) is 0 Å². The molecule has 1 aromatic carbocycles. The molecule has 70 heavy (non-hydrogen) atoms. The van der Waals surface area contributed by atoms with Gasteiger partial charge in [-0.25, -0.2) is 58.2 Å². The molecule has 0 atom stereocenters. The topological polar surface area (TPSA) is 273 Å². The minimum absolute atomic E-state index is 0. The van der Waals surface area contributed by atoms with Crippen LogP contribution in [0, 0.1) is 18.8 Å². The summed E-state index contributed by atoms with van der Waals surface area (Å²) in [5.41, 5.74) is 2.93. The number of aryl methyl sites for hydroxylation is 1. The number of aromatic nitrogens is 4. The number of carbonyl (C=O) groups is 2. The van der Waals surface area contributed by atoms with Gasteiger partial charge in [-0.15, -0.1) is 5.60 Å². The molecule has 2 saturated carbocycles. The second kappa shape index (κ2) is 25.9. The number of nitrogens with one attached hydrogen (secondary N) is 5. The van der Waals surface area contributed by atoms with E-state index in [2.05, 4.69) is 35.0 Å². The van der Waals surface area contributed by atoms with Gasteiger partial charge in [-0.3, -0.25) is 0 Å². The van der Waals surface area contributed by atoms with E-state index in [1.54, 1.807) is 71.1 Å². The Morgan fingerprint density at radius 1 is 0.714 bits per heavy atom. The first-order valence-corrected chi connectivity index (χ1v) is 27.9. The van der Waals surface area contributed by atoms with Crippen LogP contribution in [0.2, 0.25) is 0 Å². The molecule has 0 saturated heterocycles. The molecule has 23 heteroatoms. The molecule has 0 aliphatic heterocycles. The molecule has 0 radical (unpaired) electrons. The standard InChI is InChI=1S/C25H32N4O6S2.C18H26N4O4S.C4H9O.K/c1-4-35-25(30)22-15-27-24-21(13-14-29(24)37(33,34)20-11-5-17(2)6-12-20)23(22)28-19-9-7-18(8-10-19)16-36(31,32)26-3;1-3-26-18(23)15-10-21-17-14(8-9-20-17)16(15)22-13-6-4-12(5-7-13)11-27(24,25)19-2;1-4(2,3)5;/h5-6,11-15,18-19,26H,4,7-10,16H2,1-3H3,(H,27,28);8-10,12-13,19H,3-7,11H2,1-2H3,(H2,20,21,22);1-3H3;/q;;-1;+1. The Bertz CT molecular complexity index is 2860. The molecule has 0 unspecified atom stereocenters. The Labute approximate surface area is 455 Å². The van der Waals surface area contributed by atoms with Gasteiger partial charge in [0, 0.05) is 47.6 Å². The van der Waals surface area contributed by atoms with E-state index in [0.717, 1.165) is 46.3 Å². The zero-order valence-corrected chi connectivity index (χ0v) is 47.2. The molecule has 19 nitrogen and oxygen atoms in total. The van der Waals surface area contributed by atoms with Gasteiger partial charge in [0.2, 0.25) is 20.0 Å². The van der Waals surface area contributed by atoms with Crippen molar-refractivity contribution in [3.63, 3.8) is 0 Å². The summed E-state index contributed by atoms with van der Waals surface area (Å²) in [5, 5.41) is 18.4. The molecule has 0 amide bonds. The predicted octanol–water partition coefficient (Wildman–Crippen LogP) is 2.69. The maximum absolute atomic E-state index is 13.4. The monoisotopic (exact) mass is 1050 g/mol. The van der Waals surface area contributed by atoms with E-state index in [9.17, 15) is 39.9 Å². The Balaban J connectivity index is 0.000000284. The van der Waals surface area contributed by atoms with Gasteiger partial charge in [0.05, 0.1) is 41.0 Å². The fraction of sp³-hybridized carbons (Fsp3) is 0.532. The SMILES string of the molecule is CC(C)(C)[O-].CCOC(=O)c1cnc2[nH]ccc2c1NC1CCC(CS(=O)(=O)NC)CC1.CCOC(=O)c1cnc2c(ccn2S(=O)(=O)c2ccc(C)cc2)c1NC1CCC(CS(=O)(=O)NC)CC1.[K+]. The van der Waals surface area contributed by atoms with Crippen LogP contribution in [0.25, 0.3) is 22.1 Å². The van der Waals surface area contributed by atoms with Gasteiger partial charge in [0.25, 0.3) is 10.0 Å². The number of esters is 2. The van der Waals surface area contributed by atoms with Crippen LogP contribution in [0.3, 0.4) is 0 Å². The molecule has 380 valence electrons. The Morgan fingerprint density at radius 3 is 1.60 bits per heavy atom. The third-order valence-corrected chi connectivity index (χ3v) is 16.5. The average Bonchev–Trinajstić information content (AvgIpc) is 3.97. The predicted molar refractivity (Wildman–Crippen MR) is 266 cm³/mol. The third kappa shape index (κ3) is 16.5. The maximum Gasteiger partial charge on any atom is 1.00 e. The van der Waals surface area contributed by atoms with Gasteiger partial charge < -0.3 is 30.2 Å². The normalized spacial score (nSPS) is 18.6.